The zero-order chi connectivity index (χ0) is 13.1. The highest BCUT2D eigenvalue weighted by molar-refractivity contribution is 6.33. The third-order valence-corrected chi connectivity index (χ3v) is 3.31. The van der Waals surface area contributed by atoms with Crippen molar-refractivity contribution in [3.05, 3.63) is 34.6 Å². The van der Waals surface area contributed by atoms with E-state index in [0.717, 1.165) is 35.7 Å². The zero-order valence-corrected chi connectivity index (χ0v) is 12.0. The lowest BCUT2D eigenvalue weighted by Crippen LogP contribution is -2.04. The van der Waals surface area contributed by atoms with Crippen LogP contribution < -0.4 is 0 Å². The molecule has 1 aromatic heterocycles. The maximum Gasteiger partial charge on any atom is 0.165 e. The summed E-state index contributed by atoms with van der Waals surface area (Å²) in [4.78, 5) is 0. The Balaban J connectivity index is 2.52. The van der Waals surface area contributed by atoms with Crippen LogP contribution >= 0.6 is 23.2 Å². The molecule has 0 radical (unpaired) electrons. The molecule has 1 heterocycles. The van der Waals surface area contributed by atoms with Gasteiger partial charge in [0.1, 0.15) is 5.82 Å². The molecule has 0 atom stereocenters. The van der Waals surface area contributed by atoms with Gasteiger partial charge in [-0.25, -0.2) is 0 Å². The molecule has 0 aliphatic heterocycles. The predicted octanol–water partition coefficient (Wildman–Crippen LogP) is 4.06. The first-order valence-corrected chi connectivity index (χ1v) is 6.83. The van der Waals surface area contributed by atoms with Crippen molar-refractivity contribution in [1.29, 1.82) is 0 Å². The number of aryl methyl sites for hydroxylation is 1. The molecule has 0 fully saturated rings. The molecular weight excluding hydrogens is 269 g/mol. The van der Waals surface area contributed by atoms with Crippen molar-refractivity contribution >= 4 is 23.2 Å². The van der Waals surface area contributed by atoms with Crippen LogP contribution in [0.5, 0.6) is 0 Å². The van der Waals surface area contributed by atoms with Crippen molar-refractivity contribution in [3.63, 3.8) is 0 Å². The molecule has 0 aliphatic carbocycles. The van der Waals surface area contributed by atoms with E-state index in [9.17, 15) is 0 Å². The van der Waals surface area contributed by atoms with Crippen molar-refractivity contribution in [2.75, 3.05) is 0 Å². The zero-order valence-electron chi connectivity index (χ0n) is 10.5. The first kappa shape index (κ1) is 13.4. The van der Waals surface area contributed by atoms with Gasteiger partial charge in [-0.2, -0.15) is 0 Å². The van der Waals surface area contributed by atoms with Crippen molar-refractivity contribution < 1.29 is 0 Å². The molecule has 2 rings (SSSR count). The molecule has 5 heteroatoms. The summed E-state index contributed by atoms with van der Waals surface area (Å²) in [6.45, 7) is 4.96. The Morgan fingerprint density at radius 2 is 2.06 bits per heavy atom. The average Bonchev–Trinajstić information content (AvgIpc) is 2.73. The largest absolute Gasteiger partial charge is 0.310 e. The van der Waals surface area contributed by atoms with Crippen molar-refractivity contribution in [2.24, 2.45) is 0 Å². The summed E-state index contributed by atoms with van der Waals surface area (Å²) < 4.78 is 2.03. The number of hydrogen-bond acceptors (Lipinski definition) is 2. The van der Waals surface area contributed by atoms with Gasteiger partial charge in [-0.3, -0.25) is 0 Å². The van der Waals surface area contributed by atoms with E-state index in [0.29, 0.717) is 10.9 Å². The molecule has 0 aliphatic rings. The van der Waals surface area contributed by atoms with Crippen molar-refractivity contribution in [3.8, 4) is 11.4 Å². The number of alkyl halides is 1. The number of hydrogen-bond donors (Lipinski definition) is 0. The fourth-order valence-corrected chi connectivity index (χ4v) is 2.41. The van der Waals surface area contributed by atoms with E-state index in [1.807, 2.05) is 29.7 Å². The SMILES string of the molecule is CCCn1c(CCl)nnc1-c1ccc(C)cc1Cl. The Morgan fingerprint density at radius 1 is 1.28 bits per heavy atom. The number of halogens is 2. The lowest BCUT2D eigenvalue weighted by Gasteiger charge is -2.09. The van der Waals surface area contributed by atoms with Crippen molar-refractivity contribution in [2.45, 2.75) is 32.7 Å². The van der Waals surface area contributed by atoms with E-state index in [-0.39, 0.29) is 0 Å². The highest BCUT2D eigenvalue weighted by Gasteiger charge is 2.14. The summed E-state index contributed by atoms with van der Waals surface area (Å²) in [5.41, 5.74) is 2.03. The second-order valence-electron chi connectivity index (χ2n) is 4.21. The summed E-state index contributed by atoms with van der Waals surface area (Å²) in [6.07, 6.45) is 0.998. The molecule has 1 aromatic carbocycles. The number of benzene rings is 1. The smallest absolute Gasteiger partial charge is 0.165 e. The molecule has 0 amide bonds. The first-order chi connectivity index (χ1) is 8.67. The highest BCUT2D eigenvalue weighted by atomic mass is 35.5. The van der Waals surface area contributed by atoms with E-state index in [4.69, 9.17) is 23.2 Å². The van der Waals surface area contributed by atoms with Gasteiger partial charge in [-0.05, 0) is 31.0 Å². The summed E-state index contributed by atoms with van der Waals surface area (Å²) in [6, 6.07) is 5.93. The van der Waals surface area contributed by atoms with Gasteiger partial charge in [0.05, 0.1) is 10.9 Å². The van der Waals surface area contributed by atoms with Crippen LogP contribution in [-0.2, 0) is 12.4 Å². The van der Waals surface area contributed by atoms with Gasteiger partial charge in [0.2, 0.25) is 0 Å². The molecule has 0 bridgehead atoms. The minimum absolute atomic E-state index is 0.358. The number of rotatable bonds is 4. The van der Waals surface area contributed by atoms with E-state index in [1.165, 1.54) is 0 Å². The third-order valence-electron chi connectivity index (χ3n) is 2.76. The third kappa shape index (κ3) is 2.52. The van der Waals surface area contributed by atoms with Gasteiger partial charge in [0, 0.05) is 12.1 Å². The lowest BCUT2D eigenvalue weighted by atomic mass is 10.1. The predicted molar refractivity (Wildman–Crippen MR) is 75.1 cm³/mol. The molecule has 0 saturated heterocycles. The van der Waals surface area contributed by atoms with Crippen LogP contribution in [0, 0.1) is 6.92 Å². The van der Waals surface area contributed by atoms with Gasteiger partial charge in [-0.15, -0.1) is 21.8 Å². The van der Waals surface area contributed by atoms with E-state index in [1.54, 1.807) is 0 Å². The number of aromatic nitrogens is 3. The van der Waals surface area contributed by atoms with Gasteiger partial charge in [-0.1, -0.05) is 24.6 Å². The Hall–Kier alpha value is -1.06. The fourth-order valence-electron chi connectivity index (χ4n) is 1.89. The monoisotopic (exact) mass is 283 g/mol. The summed E-state index contributed by atoms with van der Waals surface area (Å²) in [7, 11) is 0. The average molecular weight is 284 g/mol. The minimum atomic E-state index is 0.358. The van der Waals surface area contributed by atoms with E-state index >= 15 is 0 Å². The Labute approximate surface area is 117 Å². The lowest BCUT2D eigenvalue weighted by molar-refractivity contribution is 0.659. The Kier molecular flexibility index (Phi) is 4.25. The van der Waals surface area contributed by atoms with Crippen LogP contribution in [0.15, 0.2) is 18.2 Å². The second-order valence-corrected chi connectivity index (χ2v) is 4.88. The molecule has 0 saturated carbocycles. The quantitative estimate of drug-likeness (QED) is 0.793. The summed E-state index contributed by atoms with van der Waals surface area (Å²) in [5, 5.41) is 9.02. The van der Waals surface area contributed by atoms with Crippen LogP contribution in [0.25, 0.3) is 11.4 Å². The van der Waals surface area contributed by atoms with Crippen LogP contribution in [0.4, 0.5) is 0 Å². The molecular formula is C13H15Cl2N3. The Bertz CT molecular complexity index is 549. The molecule has 18 heavy (non-hydrogen) atoms. The first-order valence-electron chi connectivity index (χ1n) is 5.92. The fraction of sp³-hybridized carbons (Fsp3) is 0.385. The highest BCUT2D eigenvalue weighted by Crippen LogP contribution is 2.28. The van der Waals surface area contributed by atoms with Gasteiger partial charge >= 0.3 is 0 Å². The van der Waals surface area contributed by atoms with Crippen LogP contribution in [0.2, 0.25) is 5.02 Å². The topological polar surface area (TPSA) is 30.7 Å². The molecule has 96 valence electrons. The molecule has 0 spiro atoms. The summed E-state index contributed by atoms with van der Waals surface area (Å²) >= 11 is 12.2. The molecule has 3 nitrogen and oxygen atoms in total. The molecule has 0 N–H and O–H groups in total. The van der Waals surface area contributed by atoms with Crippen LogP contribution in [0.1, 0.15) is 24.7 Å². The van der Waals surface area contributed by atoms with Crippen LogP contribution in [0.3, 0.4) is 0 Å². The normalized spacial score (nSPS) is 10.9. The van der Waals surface area contributed by atoms with Crippen molar-refractivity contribution in [1.82, 2.24) is 14.8 Å². The Morgan fingerprint density at radius 3 is 2.67 bits per heavy atom. The minimum Gasteiger partial charge on any atom is -0.310 e. The second kappa shape index (κ2) is 5.72. The molecule has 0 unspecified atom stereocenters. The molecule has 2 aromatic rings. The van der Waals surface area contributed by atoms with E-state index < -0.39 is 0 Å². The van der Waals surface area contributed by atoms with Gasteiger partial charge < -0.3 is 4.57 Å². The maximum atomic E-state index is 6.27. The maximum absolute atomic E-state index is 6.27. The van der Waals surface area contributed by atoms with Crippen LogP contribution in [-0.4, -0.2) is 14.8 Å². The van der Waals surface area contributed by atoms with Gasteiger partial charge in [0.25, 0.3) is 0 Å². The summed E-state index contributed by atoms with van der Waals surface area (Å²) in [5.74, 6) is 1.93. The van der Waals surface area contributed by atoms with E-state index in [2.05, 4.69) is 17.1 Å². The number of nitrogens with zero attached hydrogens (tertiary/aromatic N) is 3. The van der Waals surface area contributed by atoms with Gasteiger partial charge in [0.15, 0.2) is 5.82 Å². The standard InChI is InChI=1S/C13H15Cl2N3/c1-3-6-18-12(8-14)16-17-13(18)10-5-4-9(2)7-11(10)15/h4-5,7H,3,6,8H2,1-2H3.